The van der Waals surface area contributed by atoms with Crippen LogP contribution in [0.3, 0.4) is 0 Å². The summed E-state index contributed by atoms with van der Waals surface area (Å²) < 4.78 is 202. The summed E-state index contributed by atoms with van der Waals surface area (Å²) in [6.45, 7) is 6.33. The van der Waals surface area contributed by atoms with Crippen molar-refractivity contribution in [3.63, 3.8) is 0 Å². The number of nitrogens with zero attached hydrogens (tertiary/aromatic N) is 12. The number of esters is 1. The van der Waals surface area contributed by atoms with Gasteiger partial charge in [-0.05, 0) is 104 Å². The van der Waals surface area contributed by atoms with E-state index < -0.39 is 54.9 Å². The number of aromatic amines is 1. The number of carbonyl (C=O) groups excluding carboxylic acids is 1. The molecular weight excluding hydrogens is 1710 g/mol. The van der Waals surface area contributed by atoms with Crippen molar-refractivity contribution in [1.82, 2.24) is 45.4 Å². The predicted molar refractivity (Wildman–Crippen MR) is 408 cm³/mol. The SMILES string of the molecule is CCOC(=O)c1nnn(Cc2ccc(OC)cc2)c1OC1CCN(c2cc(Cl)cc(OC(F)(F)F)c2)CC1.COc1ccc(Cn2nnc(C(=O)O)c2OC2CCN(c3cc(Cl)cc(OC(F)(F)F)c3)CC2)cc1.O=C(O)c1[nH]nnc1OC1CCN(c2cc(Cl)cc(OC(F)(F)F)c2)CC1.OC1CCN(c2cc(Cl)cc(OC(F)(F)F)c2)CC1. The van der Waals surface area contributed by atoms with Crippen LogP contribution in [0.15, 0.2) is 121 Å². The molecule has 0 atom stereocenters. The van der Waals surface area contributed by atoms with Crippen LogP contribution in [0.5, 0.6) is 52.1 Å². The van der Waals surface area contributed by atoms with Gasteiger partial charge in [0.05, 0.1) is 40.0 Å². The fraction of sp³-hybridized carbons (Fsp3) is 0.400. The summed E-state index contributed by atoms with van der Waals surface area (Å²) in [5.41, 5.74) is 3.24. The molecule has 0 spiro atoms. The summed E-state index contributed by atoms with van der Waals surface area (Å²) in [6, 6.07) is 30.4. The Morgan fingerprint density at radius 3 is 1.06 bits per heavy atom. The van der Waals surface area contributed by atoms with E-state index in [4.69, 9.17) is 79.9 Å². The van der Waals surface area contributed by atoms with Crippen LogP contribution in [0.4, 0.5) is 75.4 Å². The number of halogens is 16. The second kappa shape index (κ2) is 40.7. The van der Waals surface area contributed by atoms with Crippen molar-refractivity contribution < 1.29 is 130 Å². The molecule has 9 aromatic rings. The minimum absolute atomic E-state index is 0.0217. The number of H-pyrrole nitrogens is 1. The van der Waals surface area contributed by atoms with Gasteiger partial charge in [-0.25, -0.2) is 28.8 Å². The molecule has 648 valence electrons. The highest BCUT2D eigenvalue weighted by molar-refractivity contribution is 6.32. The molecule has 6 aromatic carbocycles. The number of alkyl halides is 12. The van der Waals surface area contributed by atoms with Crippen molar-refractivity contribution in [3.8, 4) is 52.1 Å². The molecule has 0 aliphatic carbocycles. The molecule has 0 bridgehead atoms. The molecule has 0 amide bonds. The first-order valence-electron chi connectivity index (χ1n) is 36.4. The maximum atomic E-state index is 12.7. The molecule has 4 fully saturated rings. The number of aromatic carboxylic acids is 2. The summed E-state index contributed by atoms with van der Waals surface area (Å²) in [7, 11) is 3.14. The molecular formula is C75H75Cl4F12N13O16. The standard InChI is InChI=1S/C25H26ClF3N4O5.C23H22ClF3N4O5.C15H14ClF3N4O4.C12H13ClF3NO2/c1-3-36-24(34)22-23(33(31-30-22)15-16-4-6-19(35-2)7-5-16)37-20-8-10-32(11-9-20)18-12-17(26)13-21(14-18)38-25(27,28)29;1-34-17-4-2-14(3-5-17)13-31-21(20(22(32)33)28-29-31)35-18-6-8-30(9-7-18)16-10-15(24)11-19(12-16)36-23(25,26)27;16-8-5-9(7-11(6-8)27-15(17,18)19)23-3-1-10(2-4-23)26-13-12(14(24)25)20-22-21-13;13-8-5-9(17-3-1-10(18)2-4-17)7-11(6-8)19-12(14,15)16/h4-7,12-14,20H,3,8-11,15H2,1-2H3;2-5,10-12,18H,6-9,13H2,1H3,(H,32,33);5-7,10H,1-4H2,(H,24,25)(H,20,21,22);5-7,10,18H,1-4H2. The first-order valence-corrected chi connectivity index (χ1v) is 37.9. The van der Waals surface area contributed by atoms with E-state index in [1.165, 1.54) is 33.6 Å². The number of carboxylic acid groups (broad SMARTS) is 2. The molecule has 29 nitrogen and oxygen atoms in total. The Kier molecular flexibility index (Phi) is 30.9. The highest BCUT2D eigenvalue weighted by Gasteiger charge is 2.37. The van der Waals surface area contributed by atoms with Crippen LogP contribution in [-0.4, -0.2) is 202 Å². The zero-order valence-electron chi connectivity index (χ0n) is 63.4. The Hall–Kier alpha value is -11.2. The van der Waals surface area contributed by atoms with E-state index in [9.17, 15) is 77.3 Å². The summed E-state index contributed by atoms with van der Waals surface area (Å²) in [5.74, 6) is -3.11. The molecule has 4 aliphatic rings. The molecule has 120 heavy (non-hydrogen) atoms. The molecule has 0 saturated carbocycles. The number of aromatic nitrogens is 9. The predicted octanol–water partition coefficient (Wildman–Crippen LogP) is 16.0. The number of hydrogen-bond acceptors (Lipinski definition) is 24. The maximum absolute atomic E-state index is 12.7. The zero-order valence-corrected chi connectivity index (χ0v) is 66.4. The Labute approximate surface area is 694 Å². The van der Waals surface area contributed by atoms with E-state index in [0.717, 1.165) is 35.4 Å². The van der Waals surface area contributed by atoms with E-state index in [1.54, 1.807) is 57.5 Å². The van der Waals surface area contributed by atoms with E-state index >= 15 is 0 Å². The van der Waals surface area contributed by atoms with Crippen LogP contribution in [-0.2, 0) is 17.8 Å². The number of aliphatic hydroxyl groups excluding tert-OH is 1. The first kappa shape index (κ1) is 91.1. The second-order valence-electron chi connectivity index (χ2n) is 26.7. The van der Waals surface area contributed by atoms with Crippen LogP contribution in [0.1, 0.15) is 101 Å². The number of methoxy groups -OCH3 is 2. The smallest absolute Gasteiger partial charge is 0.497 e. The number of benzene rings is 6. The highest BCUT2D eigenvalue weighted by Crippen LogP contribution is 2.39. The molecule has 0 unspecified atom stereocenters. The van der Waals surface area contributed by atoms with Gasteiger partial charge in [-0.15, -0.1) is 62.9 Å². The van der Waals surface area contributed by atoms with E-state index in [-0.39, 0.29) is 104 Å². The Morgan fingerprint density at radius 2 is 0.750 bits per heavy atom. The average molecular weight is 1780 g/mol. The van der Waals surface area contributed by atoms with Crippen LogP contribution < -0.4 is 62.2 Å². The normalized spacial score (nSPS) is 15.2. The largest absolute Gasteiger partial charge is 0.573 e. The van der Waals surface area contributed by atoms with Crippen molar-refractivity contribution in [3.05, 3.63) is 170 Å². The van der Waals surface area contributed by atoms with Crippen molar-refractivity contribution >= 4 is 87.1 Å². The minimum atomic E-state index is -4.83. The Morgan fingerprint density at radius 1 is 0.433 bits per heavy atom. The third-order valence-electron chi connectivity index (χ3n) is 18.2. The third-order valence-corrected chi connectivity index (χ3v) is 19.1. The van der Waals surface area contributed by atoms with Gasteiger partial charge in [-0.2, -0.15) is 0 Å². The molecule has 13 rings (SSSR count). The molecule has 4 aliphatic heterocycles. The van der Waals surface area contributed by atoms with Gasteiger partial charge < -0.3 is 82.3 Å². The van der Waals surface area contributed by atoms with Crippen LogP contribution >= 0.6 is 46.4 Å². The van der Waals surface area contributed by atoms with Gasteiger partial charge in [0.15, 0.2) is 0 Å². The fourth-order valence-electron chi connectivity index (χ4n) is 12.7. The van der Waals surface area contributed by atoms with Crippen molar-refractivity contribution in [2.24, 2.45) is 0 Å². The number of carbonyl (C=O) groups is 3. The summed E-state index contributed by atoms with van der Waals surface area (Å²) in [5, 5.41) is 53.6. The van der Waals surface area contributed by atoms with Gasteiger partial charge in [0.2, 0.25) is 28.8 Å². The van der Waals surface area contributed by atoms with Crippen LogP contribution in [0.2, 0.25) is 20.1 Å². The lowest BCUT2D eigenvalue weighted by atomic mass is 10.1. The topological polar surface area (TPSA) is 320 Å². The number of carboxylic acids is 2. The molecule has 45 heteroatoms. The fourth-order valence-corrected chi connectivity index (χ4v) is 13.6. The Bertz CT molecular complexity index is 4890. The minimum Gasteiger partial charge on any atom is -0.497 e. The maximum Gasteiger partial charge on any atom is 0.573 e. The van der Waals surface area contributed by atoms with Gasteiger partial charge in [-0.1, -0.05) is 91.4 Å². The number of rotatable bonds is 24. The number of ether oxygens (including phenoxy) is 10. The van der Waals surface area contributed by atoms with Gasteiger partial charge in [0.25, 0.3) is 5.88 Å². The zero-order chi connectivity index (χ0) is 86.8. The van der Waals surface area contributed by atoms with Gasteiger partial charge in [0, 0.05) is 158 Å². The molecule has 3 aromatic heterocycles. The molecule has 0 radical (unpaired) electrons. The lowest BCUT2D eigenvalue weighted by Gasteiger charge is -2.34. The molecule has 4 saturated heterocycles. The number of anilines is 4. The summed E-state index contributed by atoms with van der Waals surface area (Å²) in [4.78, 5) is 42.7. The lowest BCUT2D eigenvalue weighted by Crippen LogP contribution is -2.38. The van der Waals surface area contributed by atoms with Crippen LogP contribution in [0.25, 0.3) is 0 Å². The molecule has 4 N–H and O–H groups in total. The quantitative estimate of drug-likeness (QED) is 0.0322. The average Bonchev–Trinajstić information content (AvgIpc) is 1.62. The lowest BCUT2D eigenvalue weighted by molar-refractivity contribution is -0.275. The van der Waals surface area contributed by atoms with E-state index in [0.29, 0.717) is 145 Å². The summed E-state index contributed by atoms with van der Waals surface area (Å²) >= 11 is 23.7. The van der Waals surface area contributed by atoms with Crippen molar-refractivity contribution in [1.29, 1.82) is 0 Å². The monoisotopic (exact) mass is 1780 g/mol. The number of nitrogens with one attached hydrogen (secondary N) is 1. The van der Waals surface area contributed by atoms with Gasteiger partial charge in [0.1, 0.15) is 52.8 Å². The number of hydrogen-bond donors (Lipinski definition) is 4. The second-order valence-corrected chi connectivity index (χ2v) is 28.5. The highest BCUT2D eigenvalue weighted by atomic mass is 35.5. The van der Waals surface area contributed by atoms with Crippen molar-refractivity contribution in [2.45, 2.75) is 121 Å². The van der Waals surface area contributed by atoms with Gasteiger partial charge >= 0.3 is 43.4 Å². The Balaban J connectivity index is 0.000000173. The molecule has 7 heterocycles. The third kappa shape index (κ3) is 27.7. The van der Waals surface area contributed by atoms with Crippen LogP contribution in [0, 0.1) is 0 Å². The first-order chi connectivity index (χ1) is 56.8. The summed E-state index contributed by atoms with van der Waals surface area (Å²) in [6.07, 6.45) is -16.3. The number of aliphatic hydroxyl groups is 1. The van der Waals surface area contributed by atoms with E-state index in [2.05, 4.69) is 55.0 Å². The van der Waals surface area contributed by atoms with E-state index in [1.807, 2.05) is 56.0 Å². The van der Waals surface area contributed by atoms with Crippen molar-refractivity contribution in [2.75, 3.05) is 92.8 Å². The number of piperidine rings is 4. The van der Waals surface area contributed by atoms with Gasteiger partial charge in [-0.3, -0.25) is 0 Å².